The largest absolute Gasteiger partial charge is 0.465 e. The lowest BCUT2D eigenvalue weighted by Crippen LogP contribution is -2.27. The Morgan fingerprint density at radius 2 is 2.33 bits per heavy atom. The van der Waals surface area contributed by atoms with Crippen LogP contribution in [0.5, 0.6) is 0 Å². The number of anilines is 2. The van der Waals surface area contributed by atoms with Gasteiger partial charge >= 0.3 is 5.97 Å². The van der Waals surface area contributed by atoms with Crippen LogP contribution in [0.15, 0.2) is 0 Å². The average molecular weight is 269 g/mol. The molecular weight excluding hydrogens is 250 g/mol. The number of ether oxygens (including phenoxy) is 1. The van der Waals surface area contributed by atoms with Crippen molar-refractivity contribution in [2.75, 3.05) is 30.8 Å². The molecule has 0 saturated heterocycles. The normalized spacial score (nSPS) is 14.6. The van der Waals surface area contributed by atoms with E-state index in [0.29, 0.717) is 5.56 Å². The number of esters is 1. The van der Waals surface area contributed by atoms with Gasteiger partial charge in [0.1, 0.15) is 10.6 Å². The Labute approximate surface area is 111 Å². The van der Waals surface area contributed by atoms with Crippen LogP contribution in [-0.2, 0) is 4.74 Å². The summed E-state index contributed by atoms with van der Waals surface area (Å²) in [7, 11) is 1.37. The lowest BCUT2D eigenvalue weighted by Gasteiger charge is -2.22. The number of hydrogen-bond acceptors (Lipinski definition) is 6. The number of hydrogen-bond donors (Lipinski definition) is 1. The summed E-state index contributed by atoms with van der Waals surface area (Å²) >= 11 is 1.29. The fourth-order valence-corrected chi connectivity index (χ4v) is 2.80. The van der Waals surface area contributed by atoms with Gasteiger partial charge in [-0.3, -0.25) is 0 Å². The maximum absolute atomic E-state index is 11.8. The topological polar surface area (TPSA) is 68.5 Å². The van der Waals surface area contributed by atoms with Crippen LogP contribution in [0.3, 0.4) is 0 Å². The molecule has 1 aromatic rings. The second-order valence-corrected chi connectivity index (χ2v) is 5.38. The average Bonchev–Trinajstić information content (AvgIpc) is 3.09. The van der Waals surface area contributed by atoms with E-state index >= 15 is 0 Å². The molecule has 0 amide bonds. The van der Waals surface area contributed by atoms with E-state index in [4.69, 9.17) is 10.5 Å². The summed E-state index contributed by atoms with van der Waals surface area (Å²) in [6.45, 7) is 4.03. The number of carbonyl (C=O) groups excluding carboxylic acids is 1. The van der Waals surface area contributed by atoms with Gasteiger partial charge in [-0.05, 0) is 36.7 Å². The molecule has 1 saturated carbocycles. The number of methoxy groups -OCH3 is 1. The van der Waals surface area contributed by atoms with Crippen LogP contribution in [0.1, 0.15) is 36.5 Å². The van der Waals surface area contributed by atoms with Gasteiger partial charge in [-0.25, -0.2) is 4.79 Å². The first-order valence-corrected chi connectivity index (χ1v) is 7.03. The van der Waals surface area contributed by atoms with E-state index in [9.17, 15) is 4.79 Å². The van der Waals surface area contributed by atoms with Crippen molar-refractivity contribution in [2.24, 2.45) is 5.92 Å². The fraction of sp³-hybridized carbons (Fsp3) is 0.667. The summed E-state index contributed by atoms with van der Waals surface area (Å²) < 4.78 is 8.88. The van der Waals surface area contributed by atoms with Crippen molar-refractivity contribution in [1.29, 1.82) is 0 Å². The molecule has 100 valence electrons. The molecule has 1 fully saturated rings. The molecule has 0 spiro atoms. The Balaban J connectivity index is 2.24. The third kappa shape index (κ3) is 2.75. The molecule has 1 aliphatic carbocycles. The predicted octanol–water partition coefficient (Wildman–Crippen LogP) is 2.14. The van der Waals surface area contributed by atoms with Crippen LogP contribution in [0, 0.1) is 5.92 Å². The minimum absolute atomic E-state index is 0.277. The molecule has 0 bridgehead atoms. The summed E-state index contributed by atoms with van der Waals surface area (Å²) in [5.74, 6) is 0.636. The van der Waals surface area contributed by atoms with E-state index in [1.807, 2.05) is 0 Å². The van der Waals surface area contributed by atoms with Gasteiger partial charge in [0, 0.05) is 13.1 Å². The summed E-state index contributed by atoms with van der Waals surface area (Å²) in [5.41, 5.74) is 6.20. The minimum atomic E-state index is -0.395. The SMILES string of the molecule is CCCN(CC1CC1)c1snc(N)c1C(=O)OC. The lowest BCUT2D eigenvalue weighted by molar-refractivity contribution is 0.0603. The third-order valence-corrected chi connectivity index (χ3v) is 3.97. The Morgan fingerprint density at radius 3 is 2.89 bits per heavy atom. The van der Waals surface area contributed by atoms with Gasteiger partial charge in [0.25, 0.3) is 0 Å². The summed E-state index contributed by atoms with van der Waals surface area (Å²) in [4.78, 5) is 14.0. The molecule has 0 aliphatic heterocycles. The highest BCUT2D eigenvalue weighted by molar-refractivity contribution is 7.11. The van der Waals surface area contributed by atoms with Crippen LogP contribution >= 0.6 is 11.5 Å². The van der Waals surface area contributed by atoms with Crippen molar-refractivity contribution in [1.82, 2.24) is 4.37 Å². The van der Waals surface area contributed by atoms with E-state index in [2.05, 4.69) is 16.2 Å². The molecule has 0 atom stereocenters. The molecule has 18 heavy (non-hydrogen) atoms. The molecule has 2 N–H and O–H groups in total. The number of aromatic nitrogens is 1. The van der Waals surface area contributed by atoms with E-state index < -0.39 is 5.97 Å². The molecule has 0 unspecified atom stereocenters. The Bertz CT molecular complexity index is 429. The molecule has 0 aromatic carbocycles. The molecule has 5 nitrogen and oxygen atoms in total. The van der Waals surface area contributed by atoms with Gasteiger partial charge in [-0.15, -0.1) is 0 Å². The summed E-state index contributed by atoms with van der Waals surface area (Å²) in [5, 5.41) is 0.855. The fourth-order valence-electron chi connectivity index (χ4n) is 1.96. The van der Waals surface area contributed by atoms with E-state index in [0.717, 1.165) is 30.4 Å². The molecule has 6 heteroatoms. The van der Waals surface area contributed by atoms with Gasteiger partial charge in [-0.1, -0.05) is 6.92 Å². The third-order valence-electron chi connectivity index (χ3n) is 3.05. The highest BCUT2D eigenvalue weighted by atomic mass is 32.1. The van der Waals surface area contributed by atoms with E-state index in [1.165, 1.54) is 31.5 Å². The second-order valence-electron chi connectivity index (χ2n) is 4.63. The number of nitrogen functional groups attached to an aromatic ring is 1. The van der Waals surface area contributed by atoms with Crippen LogP contribution in [0.4, 0.5) is 10.8 Å². The van der Waals surface area contributed by atoms with Crippen molar-refractivity contribution in [3.05, 3.63) is 5.56 Å². The first kappa shape index (κ1) is 13.1. The first-order valence-electron chi connectivity index (χ1n) is 6.25. The Hall–Kier alpha value is -1.30. The summed E-state index contributed by atoms with van der Waals surface area (Å²) in [6.07, 6.45) is 3.59. The molecular formula is C12H19N3O2S. The Morgan fingerprint density at radius 1 is 1.61 bits per heavy atom. The van der Waals surface area contributed by atoms with Crippen molar-refractivity contribution >= 4 is 28.3 Å². The molecule has 1 aromatic heterocycles. The molecule has 0 radical (unpaired) electrons. The maximum Gasteiger partial charge on any atom is 0.344 e. The number of carbonyl (C=O) groups is 1. The monoisotopic (exact) mass is 269 g/mol. The van der Waals surface area contributed by atoms with Crippen LogP contribution in [0.25, 0.3) is 0 Å². The highest BCUT2D eigenvalue weighted by Crippen LogP contribution is 2.36. The second kappa shape index (κ2) is 5.56. The Kier molecular flexibility index (Phi) is 4.06. The minimum Gasteiger partial charge on any atom is -0.465 e. The van der Waals surface area contributed by atoms with Gasteiger partial charge in [0.2, 0.25) is 0 Å². The maximum atomic E-state index is 11.8. The van der Waals surface area contributed by atoms with Gasteiger partial charge in [0.15, 0.2) is 5.82 Å². The molecule has 1 heterocycles. The van der Waals surface area contributed by atoms with Crippen LogP contribution in [0.2, 0.25) is 0 Å². The smallest absolute Gasteiger partial charge is 0.344 e. The van der Waals surface area contributed by atoms with Crippen molar-refractivity contribution in [2.45, 2.75) is 26.2 Å². The van der Waals surface area contributed by atoms with Crippen molar-refractivity contribution in [3.63, 3.8) is 0 Å². The molecule has 1 aliphatic rings. The highest BCUT2D eigenvalue weighted by Gasteiger charge is 2.29. The predicted molar refractivity (Wildman–Crippen MR) is 73.1 cm³/mol. The van der Waals surface area contributed by atoms with Crippen molar-refractivity contribution in [3.8, 4) is 0 Å². The first-order chi connectivity index (χ1) is 8.67. The zero-order chi connectivity index (χ0) is 13.1. The van der Waals surface area contributed by atoms with Gasteiger partial charge < -0.3 is 15.4 Å². The zero-order valence-corrected chi connectivity index (χ0v) is 11.6. The lowest BCUT2D eigenvalue weighted by atomic mass is 10.2. The number of rotatable bonds is 6. The van der Waals surface area contributed by atoms with Crippen molar-refractivity contribution < 1.29 is 9.53 Å². The van der Waals surface area contributed by atoms with E-state index in [1.54, 1.807) is 0 Å². The quantitative estimate of drug-likeness (QED) is 0.801. The standard InChI is InChI=1S/C12H19N3O2S/c1-3-6-15(7-8-4-5-8)11-9(12(16)17-2)10(13)14-18-11/h8H,3-7H2,1-2H3,(H2,13,14). The molecule has 2 rings (SSSR count). The zero-order valence-electron chi connectivity index (χ0n) is 10.8. The van der Waals surface area contributed by atoms with Gasteiger partial charge in [0.05, 0.1) is 7.11 Å². The number of nitrogens with two attached hydrogens (primary N) is 1. The van der Waals surface area contributed by atoms with Crippen LogP contribution < -0.4 is 10.6 Å². The summed E-state index contributed by atoms with van der Waals surface area (Å²) in [6, 6.07) is 0. The van der Waals surface area contributed by atoms with Crippen LogP contribution in [-0.4, -0.2) is 30.5 Å². The van der Waals surface area contributed by atoms with E-state index in [-0.39, 0.29) is 5.82 Å². The number of nitrogens with zero attached hydrogens (tertiary/aromatic N) is 2. The van der Waals surface area contributed by atoms with Gasteiger partial charge in [-0.2, -0.15) is 4.37 Å².